The van der Waals surface area contributed by atoms with Gasteiger partial charge < -0.3 is 0 Å². The molecule has 1 heteroatoms. The molecule has 0 amide bonds. The van der Waals surface area contributed by atoms with Crippen molar-refractivity contribution in [1.29, 1.82) is 0 Å². The Labute approximate surface area is 150 Å². The second-order valence-corrected chi connectivity index (χ2v) is 3.58. The first-order valence-electron chi connectivity index (χ1n) is 7.05. The minimum Gasteiger partial charge on any atom is -0.184 e. The molecule has 0 aliphatic heterocycles. The normalized spacial score (nSPS) is 8.65. The summed E-state index contributed by atoms with van der Waals surface area (Å²) < 4.78 is 0. The predicted octanol–water partition coefficient (Wildman–Crippen LogP) is 6.02. The standard InChI is InChI=1S/C15H13.2C2H6.Y/c1-13-7-9-15(10-8-13)12-11-14-5-3-2-4-6-14;2*1-2;/h3-12H,1H3;2*1-2H3;/q-1;;;/b12-11+;;;. The van der Waals surface area contributed by atoms with Crippen molar-refractivity contribution >= 4 is 12.2 Å². The van der Waals surface area contributed by atoms with Crippen molar-refractivity contribution in [2.75, 3.05) is 0 Å². The van der Waals surface area contributed by atoms with Gasteiger partial charge in [0.05, 0.1) is 0 Å². The van der Waals surface area contributed by atoms with E-state index in [9.17, 15) is 0 Å². The molecule has 20 heavy (non-hydrogen) atoms. The molecule has 2 rings (SSSR count). The molecule has 1 radical (unpaired) electrons. The summed E-state index contributed by atoms with van der Waals surface area (Å²) >= 11 is 0. The van der Waals surface area contributed by atoms with E-state index < -0.39 is 0 Å². The smallest absolute Gasteiger partial charge is 0 e. The summed E-state index contributed by atoms with van der Waals surface area (Å²) in [5.74, 6) is 0. The van der Waals surface area contributed by atoms with E-state index in [4.69, 9.17) is 0 Å². The summed E-state index contributed by atoms with van der Waals surface area (Å²) in [5.41, 5.74) is 3.73. The zero-order valence-corrected chi connectivity index (χ0v) is 16.2. The number of hydrogen-bond acceptors (Lipinski definition) is 0. The van der Waals surface area contributed by atoms with Crippen LogP contribution < -0.4 is 0 Å². The molecule has 105 valence electrons. The first-order chi connectivity index (χ1) is 9.34. The van der Waals surface area contributed by atoms with Crippen molar-refractivity contribution in [3.63, 3.8) is 0 Å². The van der Waals surface area contributed by atoms with Crippen LogP contribution in [0.2, 0.25) is 0 Å². The van der Waals surface area contributed by atoms with Gasteiger partial charge in [0.2, 0.25) is 0 Å². The maximum atomic E-state index is 3.00. The quantitative estimate of drug-likeness (QED) is 0.463. The van der Waals surface area contributed by atoms with E-state index in [0.717, 1.165) is 0 Å². The molecule has 0 N–H and O–H groups in total. The Morgan fingerprint density at radius 2 is 1.10 bits per heavy atom. The van der Waals surface area contributed by atoms with Crippen molar-refractivity contribution in [3.05, 3.63) is 71.3 Å². The van der Waals surface area contributed by atoms with Crippen molar-refractivity contribution in [1.82, 2.24) is 0 Å². The van der Waals surface area contributed by atoms with E-state index in [1.165, 1.54) is 16.7 Å². The van der Waals surface area contributed by atoms with E-state index >= 15 is 0 Å². The first kappa shape index (κ1) is 21.6. The van der Waals surface area contributed by atoms with E-state index in [0.29, 0.717) is 0 Å². The Morgan fingerprint density at radius 1 is 0.700 bits per heavy atom. The van der Waals surface area contributed by atoms with Gasteiger partial charge in [-0.15, -0.1) is 5.56 Å². The van der Waals surface area contributed by atoms with Crippen molar-refractivity contribution in [2.24, 2.45) is 0 Å². The Morgan fingerprint density at radius 3 is 1.55 bits per heavy atom. The molecule has 2 aromatic rings. The van der Waals surface area contributed by atoms with Crippen LogP contribution in [0.15, 0.2) is 48.5 Å². The third kappa shape index (κ3) is 9.23. The van der Waals surface area contributed by atoms with Gasteiger partial charge in [0, 0.05) is 32.7 Å². The molecule has 0 nitrogen and oxygen atoms in total. The molecule has 0 aliphatic carbocycles. The van der Waals surface area contributed by atoms with E-state index in [2.05, 4.69) is 49.4 Å². The number of hydrogen-bond donors (Lipinski definition) is 0. The summed E-state index contributed by atoms with van der Waals surface area (Å²) in [6, 6.07) is 19.4. The van der Waals surface area contributed by atoms with E-state index in [1.807, 2.05) is 52.0 Å². The molecule has 0 aromatic heterocycles. The van der Waals surface area contributed by atoms with Gasteiger partial charge in [-0.25, -0.2) is 0 Å². The van der Waals surface area contributed by atoms with Crippen LogP contribution in [0.5, 0.6) is 0 Å². The van der Waals surface area contributed by atoms with Crippen LogP contribution in [0.1, 0.15) is 44.4 Å². The molecular formula is C19H25Y-. The largest absolute Gasteiger partial charge is 0.184 e. The summed E-state index contributed by atoms with van der Waals surface area (Å²) in [4.78, 5) is 0. The topological polar surface area (TPSA) is 0 Å². The number of aryl methyl sites for hydroxylation is 1. The van der Waals surface area contributed by atoms with Crippen LogP contribution in [0.25, 0.3) is 12.2 Å². The van der Waals surface area contributed by atoms with E-state index in [1.54, 1.807) is 0 Å². The van der Waals surface area contributed by atoms with Crippen LogP contribution in [-0.4, -0.2) is 0 Å². The summed E-state index contributed by atoms with van der Waals surface area (Å²) in [6.07, 6.45) is 4.23. The minimum absolute atomic E-state index is 0. The maximum absolute atomic E-state index is 3.00. The Balaban J connectivity index is 0. The third-order valence-corrected chi connectivity index (χ3v) is 2.29. The van der Waals surface area contributed by atoms with Gasteiger partial charge in [-0.2, -0.15) is 30.3 Å². The monoisotopic (exact) mass is 342 g/mol. The number of benzene rings is 2. The van der Waals surface area contributed by atoms with Crippen LogP contribution in [0.3, 0.4) is 0 Å². The predicted molar refractivity (Wildman–Crippen MR) is 88.1 cm³/mol. The fourth-order valence-electron chi connectivity index (χ4n) is 1.38. The fourth-order valence-corrected chi connectivity index (χ4v) is 1.38. The van der Waals surface area contributed by atoms with Gasteiger partial charge >= 0.3 is 0 Å². The Bertz CT molecular complexity index is 441. The van der Waals surface area contributed by atoms with Crippen LogP contribution in [-0.2, 0) is 32.7 Å². The first-order valence-corrected chi connectivity index (χ1v) is 7.05. The van der Waals surface area contributed by atoms with Gasteiger partial charge in [-0.05, 0) is 12.5 Å². The van der Waals surface area contributed by atoms with E-state index in [-0.39, 0.29) is 32.7 Å². The molecule has 0 saturated heterocycles. The van der Waals surface area contributed by atoms with Gasteiger partial charge in [0.25, 0.3) is 0 Å². The van der Waals surface area contributed by atoms with Gasteiger partial charge in [-0.3, -0.25) is 0 Å². The molecule has 0 bridgehead atoms. The van der Waals surface area contributed by atoms with Gasteiger partial charge in [0.1, 0.15) is 0 Å². The zero-order chi connectivity index (χ0) is 14.5. The SMILES string of the molecule is CC.CC.Cc1ccc(/C=C/c2cc[c-]cc2)cc1.[Y]. The molecular weight excluding hydrogens is 317 g/mol. The molecule has 0 atom stereocenters. The molecule has 2 aromatic carbocycles. The van der Waals surface area contributed by atoms with Gasteiger partial charge in [0.15, 0.2) is 0 Å². The van der Waals surface area contributed by atoms with Crippen LogP contribution in [0, 0.1) is 13.0 Å². The Kier molecular flexibility index (Phi) is 15.8. The summed E-state index contributed by atoms with van der Waals surface area (Å²) in [5, 5.41) is 0. The average molecular weight is 342 g/mol. The minimum atomic E-state index is 0. The summed E-state index contributed by atoms with van der Waals surface area (Å²) in [7, 11) is 0. The molecule has 0 heterocycles. The van der Waals surface area contributed by atoms with Crippen molar-refractivity contribution < 1.29 is 32.7 Å². The van der Waals surface area contributed by atoms with Crippen molar-refractivity contribution in [2.45, 2.75) is 34.6 Å². The summed E-state index contributed by atoms with van der Waals surface area (Å²) in [6.45, 7) is 10.1. The van der Waals surface area contributed by atoms with Crippen LogP contribution in [0.4, 0.5) is 0 Å². The maximum Gasteiger partial charge on any atom is 0 e. The second-order valence-electron chi connectivity index (χ2n) is 3.58. The second kappa shape index (κ2) is 14.7. The van der Waals surface area contributed by atoms with Crippen molar-refractivity contribution in [3.8, 4) is 0 Å². The third-order valence-electron chi connectivity index (χ3n) is 2.29. The molecule has 0 aliphatic rings. The average Bonchev–Trinajstić information content (AvgIpc) is 2.52. The number of rotatable bonds is 2. The zero-order valence-electron chi connectivity index (χ0n) is 13.4. The fraction of sp³-hybridized carbons (Fsp3) is 0.263. The van der Waals surface area contributed by atoms with Crippen LogP contribution >= 0.6 is 0 Å². The van der Waals surface area contributed by atoms with Gasteiger partial charge in [-0.1, -0.05) is 69.7 Å². The molecule has 0 unspecified atom stereocenters. The molecule has 0 fully saturated rings. The Hall–Kier alpha value is -0.716. The molecule has 0 spiro atoms. The molecule has 0 saturated carbocycles.